The van der Waals surface area contributed by atoms with Crippen LogP contribution in [-0.2, 0) is 19.1 Å². The Morgan fingerprint density at radius 2 is 1.76 bits per heavy atom. The second kappa shape index (κ2) is 13.7. The van der Waals surface area contributed by atoms with Crippen molar-refractivity contribution >= 4 is 40.9 Å². The van der Waals surface area contributed by atoms with Gasteiger partial charge in [0.15, 0.2) is 0 Å². The number of carbonyl (C=O) groups excluding carboxylic acids is 3. The Bertz CT molecular complexity index is 1180. The maximum atomic E-state index is 14.6. The van der Waals surface area contributed by atoms with Gasteiger partial charge in [-0.25, -0.2) is 0 Å². The Morgan fingerprint density at radius 1 is 1.00 bits per heavy atom. The van der Waals surface area contributed by atoms with E-state index in [0.29, 0.717) is 19.7 Å². The summed E-state index contributed by atoms with van der Waals surface area (Å²) in [5.74, 6) is -1.84. The van der Waals surface area contributed by atoms with Crippen molar-refractivity contribution in [2.45, 2.75) is 74.8 Å². The van der Waals surface area contributed by atoms with Gasteiger partial charge in [-0.15, -0.1) is 11.8 Å². The van der Waals surface area contributed by atoms with Gasteiger partial charge in [-0.2, -0.15) is 0 Å². The number of nitrogens with zero attached hydrogens (tertiary/aromatic N) is 3. The molecule has 4 aliphatic heterocycles. The van der Waals surface area contributed by atoms with E-state index < -0.39 is 22.6 Å². The summed E-state index contributed by atoms with van der Waals surface area (Å²) in [7, 11) is 0. The molecular formula is C33H45N3O5S. The highest BCUT2D eigenvalue weighted by Crippen LogP contribution is 2.60. The molecule has 2 fully saturated rings. The van der Waals surface area contributed by atoms with E-state index >= 15 is 0 Å². The van der Waals surface area contributed by atoms with Crippen LogP contribution in [0.1, 0.15) is 58.8 Å². The molecule has 0 aliphatic carbocycles. The molecule has 1 aromatic carbocycles. The number of allylic oxidation sites excluding steroid dienone is 1. The largest absolute Gasteiger partial charge is 0.465 e. The third-order valence-electron chi connectivity index (χ3n) is 9.20. The first-order valence-corrected chi connectivity index (χ1v) is 16.6. The molecule has 2 amide bonds. The summed E-state index contributed by atoms with van der Waals surface area (Å²) in [6.45, 7) is 7.42. The Morgan fingerprint density at radius 3 is 2.50 bits per heavy atom. The fraction of sp³-hybridized carbons (Fsp3) is 0.606. The number of esters is 1. The van der Waals surface area contributed by atoms with E-state index in [4.69, 9.17) is 4.74 Å². The van der Waals surface area contributed by atoms with E-state index in [9.17, 15) is 19.5 Å². The second-order valence-electron chi connectivity index (χ2n) is 11.6. The van der Waals surface area contributed by atoms with Crippen LogP contribution in [0.4, 0.5) is 11.4 Å². The van der Waals surface area contributed by atoms with E-state index in [0.717, 1.165) is 69.4 Å². The van der Waals surface area contributed by atoms with Crippen LogP contribution < -0.4 is 9.80 Å². The fourth-order valence-corrected chi connectivity index (χ4v) is 9.07. The SMILES string of the molecule is CCN(CC)c1ccc(N2CC=C[C@]34S[C@@H]5/C=C\CCCCOC(=O)[C@@H]5[C@H]3C(=O)N(CCCCCCO)C4C2=O)cc1. The van der Waals surface area contributed by atoms with Gasteiger partial charge in [-0.05, 0) is 70.2 Å². The van der Waals surface area contributed by atoms with E-state index in [1.165, 1.54) is 0 Å². The normalized spacial score (nSPS) is 29.9. The van der Waals surface area contributed by atoms with Gasteiger partial charge in [0.25, 0.3) is 5.91 Å². The molecule has 9 heteroatoms. The van der Waals surface area contributed by atoms with Crippen LogP contribution in [0.3, 0.4) is 0 Å². The Kier molecular flexibility index (Phi) is 9.99. The molecule has 42 heavy (non-hydrogen) atoms. The van der Waals surface area contributed by atoms with Crippen LogP contribution in [0.25, 0.3) is 0 Å². The van der Waals surface area contributed by atoms with Crippen molar-refractivity contribution in [3.05, 3.63) is 48.6 Å². The summed E-state index contributed by atoms with van der Waals surface area (Å²) in [4.78, 5) is 48.3. The number of rotatable bonds is 10. The number of likely N-dealkylation sites (tertiary alicyclic amines) is 1. The lowest BCUT2D eigenvalue weighted by atomic mass is 9.78. The molecule has 8 nitrogen and oxygen atoms in total. The fourth-order valence-electron chi connectivity index (χ4n) is 7.07. The number of amides is 2. The minimum absolute atomic E-state index is 0.102. The zero-order valence-electron chi connectivity index (χ0n) is 25.0. The van der Waals surface area contributed by atoms with Crippen molar-refractivity contribution in [2.24, 2.45) is 11.8 Å². The molecule has 0 saturated carbocycles. The molecule has 4 heterocycles. The Hall–Kier alpha value is -2.78. The van der Waals surface area contributed by atoms with Crippen LogP contribution in [0.2, 0.25) is 0 Å². The summed E-state index contributed by atoms with van der Waals surface area (Å²) in [5, 5.41) is 8.97. The maximum absolute atomic E-state index is 14.6. The van der Waals surface area contributed by atoms with E-state index in [1.54, 1.807) is 21.6 Å². The van der Waals surface area contributed by atoms with Crippen molar-refractivity contribution in [2.75, 3.05) is 49.2 Å². The van der Waals surface area contributed by atoms with Crippen LogP contribution >= 0.6 is 11.8 Å². The first kappa shape index (κ1) is 30.7. The summed E-state index contributed by atoms with van der Waals surface area (Å²) in [6.07, 6.45) is 14.1. The van der Waals surface area contributed by atoms with E-state index in [2.05, 4.69) is 49.1 Å². The maximum Gasteiger partial charge on any atom is 0.311 e. The molecule has 4 aliphatic rings. The molecule has 1 aromatic rings. The van der Waals surface area contributed by atoms with Gasteiger partial charge in [0.05, 0.1) is 23.2 Å². The van der Waals surface area contributed by atoms with Crippen LogP contribution in [-0.4, -0.2) is 83.2 Å². The third-order valence-corrected chi connectivity index (χ3v) is 10.9. The first-order valence-electron chi connectivity index (χ1n) is 15.7. The van der Waals surface area contributed by atoms with Crippen LogP contribution in [0, 0.1) is 11.8 Å². The van der Waals surface area contributed by atoms with Crippen molar-refractivity contribution in [1.82, 2.24) is 4.90 Å². The van der Waals surface area contributed by atoms with Crippen molar-refractivity contribution in [1.29, 1.82) is 0 Å². The molecule has 2 saturated heterocycles. The number of benzene rings is 1. The number of aliphatic hydroxyl groups is 1. The number of anilines is 2. The average molecular weight is 596 g/mol. The predicted molar refractivity (Wildman–Crippen MR) is 168 cm³/mol. The number of hydrogen-bond donors (Lipinski definition) is 1. The highest BCUT2D eigenvalue weighted by atomic mass is 32.2. The highest BCUT2D eigenvalue weighted by Gasteiger charge is 2.70. The van der Waals surface area contributed by atoms with Gasteiger partial charge in [0.2, 0.25) is 5.91 Å². The Balaban J connectivity index is 1.50. The second-order valence-corrected chi connectivity index (χ2v) is 13.1. The average Bonchev–Trinajstić information content (AvgIpc) is 3.38. The lowest BCUT2D eigenvalue weighted by Crippen LogP contribution is -2.53. The monoisotopic (exact) mass is 595 g/mol. The topological polar surface area (TPSA) is 90.4 Å². The molecule has 228 valence electrons. The smallest absolute Gasteiger partial charge is 0.311 e. The van der Waals surface area contributed by atoms with E-state index in [1.807, 2.05) is 18.2 Å². The summed E-state index contributed by atoms with van der Waals surface area (Å²) in [5.41, 5.74) is 1.91. The number of unbranched alkanes of at least 4 members (excludes halogenated alkanes) is 3. The lowest BCUT2D eigenvalue weighted by molar-refractivity contribution is -0.153. The standard InChI is InChI=1S/C33H45N3O5S/c1-3-34(4-2)24-15-17-25(18-16-24)35-21-13-19-33-28(27-26(42-33)14-9-5-8-12-23-41-32(27)40)30(38)36(29(33)31(35)39)20-10-6-7-11-22-37/h9,13-19,26-29,37H,3-8,10-12,20-23H2,1-2H3/b14-9-/t26-,27+,28+,29?,33+/m1/s1. The van der Waals surface area contributed by atoms with Gasteiger partial charge in [-0.3, -0.25) is 14.4 Å². The Labute approximate surface area is 254 Å². The van der Waals surface area contributed by atoms with Crippen molar-refractivity contribution < 1.29 is 24.2 Å². The number of aliphatic hydroxyl groups excluding tert-OH is 1. The minimum Gasteiger partial charge on any atom is -0.465 e. The number of ether oxygens (including phenoxy) is 1. The van der Waals surface area contributed by atoms with Gasteiger partial charge < -0.3 is 24.5 Å². The van der Waals surface area contributed by atoms with Crippen molar-refractivity contribution in [3.8, 4) is 0 Å². The quantitative estimate of drug-likeness (QED) is 0.241. The van der Waals surface area contributed by atoms with Gasteiger partial charge in [0, 0.05) is 49.4 Å². The molecule has 1 spiro atoms. The zero-order chi connectivity index (χ0) is 29.7. The first-order chi connectivity index (χ1) is 20.5. The molecule has 0 radical (unpaired) electrons. The zero-order valence-corrected chi connectivity index (χ0v) is 25.8. The predicted octanol–water partition coefficient (Wildman–Crippen LogP) is 4.57. The molecule has 1 unspecified atom stereocenters. The molecule has 5 rings (SSSR count). The lowest BCUT2D eigenvalue weighted by Gasteiger charge is -2.35. The van der Waals surface area contributed by atoms with Crippen LogP contribution in [0.5, 0.6) is 0 Å². The number of thioether (sulfide) groups is 1. The third kappa shape index (κ3) is 5.74. The van der Waals surface area contributed by atoms with Gasteiger partial charge in [-0.1, -0.05) is 37.1 Å². The summed E-state index contributed by atoms with van der Waals surface area (Å²) >= 11 is 1.60. The molecule has 0 aromatic heterocycles. The number of hydrogen-bond acceptors (Lipinski definition) is 7. The van der Waals surface area contributed by atoms with E-state index in [-0.39, 0.29) is 29.6 Å². The highest BCUT2D eigenvalue weighted by molar-refractivity contribution is 8.02. The molecule has 0 bridgehead atoms. The number of carbonyl (C=O) groups is 3. The molecule has 1 N–H and O–H groups in total. The van der Waals surface area contributed by atoms with Gasteiger partial charge >= 0.3 is 5.97 Å². The summed E-state index contributed by atoms with van der Waals surface area (Å²) < 4.78 is 4.87. The summed E-state index contributed by atoms with van der Waals surface area (Å²) in [6, 6.07) is 7.39. The van der Waals surface area contributed by atoms with Crippen molar-refractivity contribution in [3.63, 3.8) is 0 Å². The number of fused-ring (bicyclic) bond motifs is 2. The number of cyclic esters (lactones) is 1. The molecule has 5 atom stereocenters. The minimum atomic E-state index is -0.845. The van der Waals surface area contributed by atoms with Gasteiger partial charge in [0.1, 0.15) is 6.04 Å². The van der Waals surface area contributed by atoms with Crippen LogP contribution in [0.15, 0.2) is 48.6 Å². The molecular weight excluding hydrogens is 550 g/mol.